The van der Waals surface area contributed by atoms with E-state index < -0.39 is 0 Å². The van der Waals surface area contributed by atoms with Gasteiger partial charge < -0.3 is 9.80 Å². The van der Waals surface area contributed by atoms with Crippen LogP contribution in [0.2, 0.25) is 10.0 Å². The smallest absolute Gasteiger partial charge is 0.128 e. The Morgan fingerprint density at radius 2 is 1.76 bits per heavy atom. The third-order valence-electron chi connectivity index (χ3n) is 3.01. The van der Waals surface area contributed by atoms with E-state index in [1.165, 1.54) is 0 Å². The van der Waals surface area contributed by atoms with Crippen LogP contribution in [-0.2, 0) is 0 Å². The van der Waals surface area contributed by atoms with Crippen molar-refractivity contribution in [3.8, 4) is 0 Å². The van der Waals surface area contributed by atoms with E-state index in [0.29, 0.717) is 15.9 Å². The van der Waals surface area contributed by atoms with Crippen molar-refractivity contribution >= 4 is 29.0 Å². The molecule has 0 aromatic heterocycles. The molecule has 0 bridgehead atoms. The average molecular weight is 272 g/mol. The quantitative estimate of drug-likeness (QED) is 0.629. The van der Waals surface area contributed by atoms with Crippen molar-refractivity contribution < 1.29 is 0 Å². The number of rotatable bonds is 1. The third kappa shape index (κ3) is 2.92. The first-order valence-electron chi connectivity index (χ1n) is 5.55. The third-order valence-corrected chi connectivity index (χ3v) is 3.75. The van der Waals surface area contributed by atoms with Crippen LogP contribution < -0.4 is 0 Å². The fourth-order valence-electron chi connectivity index (χ4n) is 1.86. The van der Waals surface area contributed by atoms with Gasteiger partial charge >= 0.3 is 0 Å². The molecule has 1 aromatic rings. The van der Waals surface area contributed by atoms with Crippen LogP contribution in [0.5, 0.6) is 0 Å². The molecule has 0 spiro atoms. The Kier molecular flexibility index (Phi) is 3.92. The van der Waals surface area contributed by atoms with E-state index >= 15 is 0 Å². The normalized spacial score (nSPS) is 17.2. The lowest BCUT2D eigenvalue weighted by molar-refractivity contribution is 0.215. The highest BCUT2D eigenvalue weighted by molar-refractivity contribution is 6.42. The van der Waals surface area contributed by atoms with Gasteiger partial charge in [-0.25, -0.2) is 0 Å². The first-order chi connectivity index (χ1) is 8.08. The van der Waals surface area contributed by atoms with Crippen LogP contribution in [0.25, 0.3) is 0 Å². The van der Waals surface area contributed by atoms with E-state index in [4.69, 9.17) is 28.6 Å². The van der Waals surface area contributed by atoms with Crippen LogP contribution in [-0.4, -0.2) is 48.9 Å². The molecular formula is C12H15Cl2N3. The highest BCUT2D eigenvalue weighted by Gasteiger charge is 2.17. The maximum Gasteiger partial charge on any atom is 0.128 e. The Balaban J connectivity index is 2.11. The topological polar surface area (TPSA) is 30.3 Å². The number of halogens is 2. The van der Waals surface area contributed by atoms with Crippen LogP contribution >= 0.6 is 23.2 Å². The molecule has 2 rings (SSSR count). The number of benzene rings is 1. The zero-order valence-electron chi connectivity index (χ0n) is 9.71. The SMILES string of the molecule is CN1CCN(C(=N)c2ccc(Cl)c(Cl)c2)CC1. The van der Waals surface area contributed by atoms with Gasteiger partial charge in [-0.1, -0.05) is 23.2 Å². The van der Waals surface area contributed by atoms with Crippen LogP contribution in [0, 0.1) is 5.41 Å². The molecule has 0 saturated carbocycles. The van der Waals surface area contributed by atoms with E-state index in [-0.39, 0.29) is 0 Å². The first-order valence-corrected chi connectivity index (χ1v) is 6.31. The van der Waals surface area contributed by atoms with Gasteiger partial charge in [-0.3, -0.25) is 5.41 Å². The second-order valence-corrected chi connectivity index (χ2v) is 5.08. The zero-order valence-corrected chi connectivity index (χ0v) is 11.2. The molecule has 3 nitrogen and oxygen atoms in total. The van der Waals surface area contributed by atoms with E-state index in [0.717, 1.165) is 31.7 Å². The van der Waals surface area contributed by atoms with Gasteiger partial charge in [0.25, 0.3) is 0 Å². The second-order valence-electron chi connectivity index (χ2n) is 4.27. The summed E-state index contributed by atoms with van der Waals surface area (Å²) in [5.74, 6) is 0.525. The second kappa shape index (κ2) is 5.25. The van der Waals surface area contributed by atoms with Crippen molar-refractivity contribution in [1.29, 1.82) is 5.41 Å². The summed E-state index contributed by atoms with van der Waals surface area (Å²) in [5.41, 5.74) is 0.823. The van der Waals surface area contributed by atoms with Gasteiger partial charge in [0.1, 0.15) is 5.84 Å². The van der Waals surface area contributed by atoms with Crippen molar-refractivity contribution in [1.82, 2.24) is 9.80 Å². The largest absolute Gasteiger partial charge is 0.354 e. The lowest BCUT2D eigenvalue weighted by atomic mass is 10.1. The summed E-state index contributed by atoms with van der Waals surface area (Å²) in [5, 5.41) is 9.19. The molecule has 1 saturated heterocycles. The van der Waals surface area contributed by atoms with Crippen LogP contribution in [0.15, 0.2) is 18.2 Å². The van der Waals surface area contributed by atoms with Crippen molar-refractivity contribution in [2.45, 2.75) is 0 Å². The van der Waals surface area contributed by atoms with Crippen molar-refractivity contribution in [2.75, 3.05) is 33.2 Å². The van der Waals surface area contributed by atoms with Gasteiger partial charge in [-0.15, -0.1) is 0 Å². The predicted octanol–water partition coefficient (Wildman–Crippen LogP) is 2.57. The molecule has 1 aliphatic rings. The Labute approximate surface area is 111 Å². The number of hydrogen-bond donors (Lipinski definition) is 1. The Morgan fingerprint density at radius 3 is 2.35 bits per heavy atom. The molecule has 1 aliphatic heterocycles. The Morgan fingerprint density at radius 1 is 1.12 bits per heavy atom. The fourth-order valence-corrected chi connectivity index (χ4v) is 2.15. The highest BCUT2D eigenvalue weighted by Crippen LogP contribution is 2.23. The molecule has 0 aliphatic carbocycles. The van der Waals surface area contributed by atoms with Gasteiger partial charge in [0.05, 0.1) is 10.0 Å². The molecular weight excluding hydrogens is 257 g/mol. The van der Waals surface area contributed by atoms with Crippen molar-refractivity contribution in [3.63, 3.8) is 0 Å². The standard InChI is InChI=1S/C12H15Cl2N3/c1-16-4-6-17(7-5-16)12(15)9-2-3-10(13)11(14)8-9/h2-3,8,15H,4-7H2,1H3. The molecule has 1 heterocycles. The maximum absolute atomic E-state index is 8.16. The van der Waals surface area contributed by atoms with Crippen LogP contribution in [0.4, 0.5) is 0 Å². The number of likely N-dealkylation sites (N-methyl/N-ethyl adjacent to an activating group) is 1. The molecule has 0 unspecified atom stereocenters. The summed E-state index contributed by atoms with van der Waals surface area (Å²) >= 11 is 11.8. The van der Waals surface area contributed by atoms with Crippen LogP contribution in [0.3, 0.4) is 0 Å². The molecule has 17 heavy (non-hydrogen) atoms. The summed E-state index contributed by atoms with van der Waals surface area (Å²) in [6, 6.07) is 5.34. The monoisotopic (exact) mass is 271 g/mol. The first kappa shape index (κ1) is 12.7. The molecule has 5 heteroatoms. The molecule has 0 atom stereocenters. The summed E-state index contributed by atoms with van der Waals surface area (Å²) < 4.78 is 0. The minimum atomic E-state index is 0.503. The molecule has 0 amide bonds. The summed E-state index contributed by atoms with van der Waals surface area (Å²) in [6.45, 7) is 3.75. The maximum atomic E-state index is 8.16. The number of nitrogens with one attached hydrogen (secondary N) is 1. The predicted molar refractivity (Wildman–Crippen MR) is 72.4 cm³/mol. The Hall–Kier alpha value is -0.770. The number of amidine groups is 1. The van der Waals surface area contributed by atoms with Gasteiger partial charge in [-0.2, -0.15) is 0 Å². The minimum absolute atomic E-state index is 0.503. The number of piperazine rings is 1. The molecule has 1 N–H and O–H groups in total. The fraction of sp³-hybridized carbons (Fsp3) is 0.417. The van der Waals surface area contributed by atoms with E-state index in [1.807, 2.05) is 6.07 Å². The Bertz CT molecular complexity index is 426. The van der Waals surface area contributed by atoms with Crippen molar-refractivity contribution in [2.24, 2.45) is 0 Å². The van der Waals surface area contributed by atoms with Crippen molar-refractivity contribution in [3.05, 3.63) is 33.8 Å². The van der Waals surface area contributed by atoms with Gasteiger partial charge in [0.15, 0.2) is 0 Å². The lowest BCUT2D eigenvalue weighted by Gasteiger charge is -2.34. The molecule has 1 aromatic carbocycles. The average Bonchev–Trinajstić information content (AvgIpc) is 2.33. The summed E-state index contributed by atoms with van der Waals surface area (Å²) in [4.78, 5) is 4.33. The molecule has 92 valence electrons. The van der Waals surface area contributed by atoms with Gasteiger partial charge in [-0.05, 0) is 25.2 Å². The lowest BCUT2D eigenvalue weighted by Crippen LogP contribution is -2.47. The summed E-state index contributed by atoms with van der Waals surface area (Å²) in [6.07, 6.45) is 0. The van der Waals surface area contributed by atoms with Crippen LogP contribution in [0.1, 0.15) is 5.56 Å². The number of nitrogens with zero attached hydrogens (tertiary/aromatic N) is 2. The molecule has 0 radical (unpaired) electrons. The number of hydrogen-bond acceptors (Lipinski definition) is 2. The molecule has 1 fully saturated rings. The summed E-state index contributed by atoms with van der Waals surface area (Å²) in [7, 11) is 2.10. The van der Waals surface area contributed by atoms with Gasteiger partial charge in [0.2, 0.25) is 0 Å². The van der Waals surface area contributed by atoms with E-state index in [2.05, 4.69) is 16.8 Å². The van der Waals surface area contributed by atoms with E-state index in [1.54, 1.807) is 12.1 Å². The zero-order chi connectivity index (χ0) is 12.4. The minimum Gasteiger partial charge on any atom is -0.354 e. The highest BCUT2D eigenvalue weighted by atomic mass is 35.5. The van der Waals surface area contributed by atoms with Gasteiger partial charge in [0, 0.05) is 31.7 Å². The van der Waals surface area contributed by atoms with E-state index in [9.17, 15) is 0 Å².